The number of nitrogens with one attached hydrogen (secondary N) is 1. The highest BCUT2D eigenvalue weighted by molar-refractivity contribution is 5.97. The second-order valence-electron chi connectivity index (χ2n) is 3.74. The van der Waals surface area contributed by atoms with Gasteiger partial charge in [-0.25, -0.2) is 0 Å². The minimum Gasteiger partial charge on any atom is -0.493 e. The number of hydrogen-bond acceptors (Lipinski definition) is 3. The molecule has 0 saturated heterocycles. The van der Waals surface area contributed by atoms with Crippen LogP contribution in [0.2, 0.25) is 0 Å². The van der Waals surface area contributed by atoms with E-state index in [0.29, 0.717) is 17.9 Å². The predicted octanol–water partition coefficient (Wildman–Crippen LogP) is 1.68. The Hall–Kier alpha value is -2.04. The van der Waals surface area contributed by atoms with E-state index in [2.05, 4.69) is 5.32 Å². The van der Waals surface area contributed by atoms with E-state index >= 15 is 0 Å². The molecule has 0 saturated carbocycles. The van der Waals surface area contributed by atoms with E-state index in [1.165, 1.54) is 0 Å². The van der Waals surface area contributed by atoms with Gasteiger partial charge in [-0.15, -0.1) is 0 Å². The summed E-state index contributed by atoms with van der Waals surface area (Å²) in [5.74, 6) is -0.735. The number of ether oxygens (including phenoxy) is 1. The van der Waals surface area contributed by atoms with Crippen molar-refractivity contribution in [2.45, 2.75) is 19.8 Å². The standard InChI is InChI=1S/C13H17NO4/c1-2-9-18-11-6-4-3-5-10(11)13(17)14-8-7-12(15)16/h3-6H,2,7-9H2,1H3,(H,14,17)(H,15,16). The van der Waals surface area contributed by atoms with Gasteiger partial charge in [-0.2, -0.15) is 0 Å². The van der Waals surface area contributed by atoms with Gasteiger partial charge in [0.1, 0.15) is 5.75 Å². The van der Waals surface area contributed by atoms with E-state index in [1.54, 1.807) is 24.3 Å². The van der Waals surface area contributed by atoms with E-state index in [0.717, 1.165) is 6.42 Å². The third kappa shape index (κ3) is 4.45. The first kappa shape index (κ1) is 14.0. The van der Waals surface area contributed by atoms with Crippen LogP contribution in [-0.4, -0.2) is 30.1 Å². The molecule has 0 unspecified atom stereocenters. The summed E-state index contributed by atoms with van der Waals surface area (Å²) in [5.41, 5.74) is 0.427. The molecule has 0 fully saturated rings. The number of carbonyl (C=O) groups is 2. The Kier molecular flexibility index (Phi) is 5.70. The summed E-state index contributed by atoms with van der Waals surface area (Å²) in [5, 5.41) is 11.0. The Bertz CT molecular complexity index is 417. The van der Waals surface area contributed by atoms with Gasteiger partial charge in [0.05, 0.1) is 18.6 Å². The molecule has 1 rings (SSSR count). The smallest absolute Gasteiger partial charge is 0.305 e. The molecule has 0 aliphatic heterocycles. The van der Waals surface area contributed by atoms with Crippen LogP contribution in [0.25, 0.3) is 0 Å². The Morgan fingerprint density at radius 2 is 2.06 bits per heavy atom. The van der Waals surface area contributed by atoms with Gasteiger partial charge in [0.25, 0.3) is 5.91 Å². The van der Waals surface area contributed by atoms with Crippen molar-refractivity contribution in [1.29, 1.82) is 0 Å². The van der Waals surface area contributed by atoms with E-state index in [9.17, 15) is 9.59 Å². The van der Waals surface area contributed by atoms with Gasteiger partial charge in [0.2, 0.25) is 0 Å². The summed E-state index contributed by atoms with van der Waals surface area (Å²) in [4.78, 5) is 22.2. The summed E-state index contributed by atoms with van der Waals surface area (Å²) < 4.78 is 5.46. The van der Waals surface area contributed by atoms with Crippen LogP contribution in [0.15, 0.2) is 24.3 Å². The van der Waals surface area contributed by atoms with Crippen LogP contribution in [0.3, 0.4) is 0 Å². The summed E-state index contributed by atoms with van der Waals surface area (Å²) >= 11 is 0. The highest BCUT2D eigenvalue weighted by Gasteiger charge is 2.11. The largest absolute Gasteiger partial charge is 0.493 e. The van der Waals surface area contributed by atoms with Crippen LogP contribution in [0, 0.1) is 0 Å². The van der Waals surface area contributed by atoms with Crippen molar-refractivity contribution >= 4 is 11.9 Å². The molecule has 2 N–H and O–H groups in total. The van der Waals surface area contributed by atoms with Gasteiger partial charge in [-0.05, 0) is 18.6 Å². The maximum atomic E-state index is 11.8. The van der Waals surface area contributed by atoms with Gasteiger partial charge in [0.15, 0.2) is 0 Å². The highest BCUT2D eigenvalue weighted by Crippen LogP contribution is 2.17. The molecule has 0 spiro atoms. The molecule has 0 bridgehead atoms. The van der Waals surface area contributed by atoms with Gasteiger partial charge in [0, 0.05) is 6.54 Å². The van der Waals surface area contributed by atoms with Crippen molar-refractivity contribution in [2.24, 2.45) is 0 Å². The molecule has 0 aliphatic rings. The monoisotopic (exact) mass is 251 g/mol. The lowest BCUT2D eigenvalue weighted by atomic mass is 10.2. The average molecular weight is 251 g/mol. The van der Waals surface area contributed by atoms with E-state index < -0.39 is 5.97 Å². The van der Waals surface area contributed by atoms with Crippen molar-refractivity contribution in [1.82, 2.24) is 5.32 Å². The second-order valence-corrected chi connectivity index (χ2v) is 3.74. The normalized spacial score (nSPS) is 9.83. The van der Waals surface area contributed by atoms with Crippen LogP contribution in [0.5, 0.6) is 5.75 Å². The van der Waals surface area contributed by atoms with Crippen molar-refractivity contribution in [3.63, 3.8) is 0 Å². The molecule has 5 heteroatoms. The molecular formula is C13H17NO4. The molecule has 0 aliphatic carbocycles. The third-order valence-corrected chi connectivity index (χ3v) is 2.22. The number of carboxylic acids is 1. The Labute approximate surface area is 106 Å². The number of amides is 1. The van der Waals surface area contributed by atoms with Gasteiger partial charge in [-0.3, -0.25) is 9.59 Å². The summed E-state index contributed by atoms with van der Waals surface area (Å²) in [7, 11) is 0. The number of carboxylic acid groups (broad SMARTS) is 1. The SMILES string of the molecule is CCCOc1ccccc1C(=O)NCCC(=O)O. The van der Waals surface area contributed by atoms with E-state index in [4.69, 9.17) is 9.84 Å². The first-order valence-corrected chi connectivity index (χ1v) is 5.87. The Morgan fingerprint density at radius 3 is 2.72 bits per heavy atom. The summed E-state index contributed by atoms with van der Waals surface area (Å²) in [6.45, 7) is 2.63. The second kappa shape index (κ2) is 7.32. The molecule has 0 heterocycles. The molecule has 1 aromatic rings. The fourth-order valence-corrected chi connectivity index (χ4v) is 1.37. The van der Waals surface area contributed by atoms with Crippen LogP contribution in [0.4, 0.5) is 0 Å². The van der Waals surface area contributed by atoms with Gasteiger partial charge < -0.3 is 15.2 Å². The van der Waals surface area contributed by atoms with E-state index in [-0.39, 0.29) is 18.9 Å². The zero-order valence-corrected chi connectivity index (χ0v) is 10.3. The molecule has 18 heavy (non-hydrogen) atoms. The zero-order valence-electron chi connectivity index (χ0n) is 10.3. The third-order valence-electron chi connectivity index (χ3n) is 2.22. The molecule has 98 valence electrons. The molecule has 1 amide bonds. The number of carbonyl (C=O) groups excluding carboxylic acids is 1. The first-order chi connectivity index (χ1) is 8.65. The molecule has 0 radical (unpaired) electrons. The summed E-state index contributed by atoms with van der Waals surface area (Å²) in [6, 6.07) is 6.91. The van der Waals surface area contributed by atoms with Crippen molar-refractivity contribution in [3.05, 3.63) is 29.8 Å². The fraction of sp³-hybridized carbons (Fsp3) is 0.385. The number of hydrogen-bond donors (Lipinski definition) is 2. The van der Waals surface area contributed by atoms with Crippen molar-refractivity contribution in [3.8, 4) is 5.75 Å². The molecule has 0 atom stereocenters. The number of benzene rings is 1. The fourth-order valence-electron chi connectivity index (χ4n) is 1.37. The molecule has 5 nitrogen and oxygen atoms in total. The van der Waals surface area contributed by atoms with Crippen LogP contribution in [-0.2, 0) is 4.79 Å². The maximum absolute atomic E-state index is 11.8. The van der Waals surface area contributed by atoms with Crippen molar-refractivity contribution < 1.29 is 19.4 Å². The lowest BCUT2D eigenvalue weighted by Crippen LogP contribution is -2.26. The minimum atomic E-state index is -0.939. The average Bonchev–Trinajstić information content (AvgIpc) is 2.36. The first-order valence-electron chi connectivity index (χ1n) is 5.87. The Morgan fingerprint density at radius 1 is 1.33 bits per heavy atom. The van der Waals surface area contributed by atoms with E-state index in [1.807, 2.05) is 6.92 Å². The Balaban J connectivity index is 2.63. The molecular weight excluding hydrogens is 234 g/mol. The predicted molar refractivity (Wildman–Crippen MR) is 66.8 cm³/mol. The van der Waals surface area contributed by atoms with Gasteiger partial charge in [-0.1, -0.05) is 19.1 Å². The topological polar surface area (TPSA) is 75.6 Å². The number of rotatable bonds is 7. The molecule has 1 aromatic carbocycles. The van der Waals surface area contributed by atoms with Crippen LogP contribution in [0.1, 0.15) is 30.1 Å². The minimum absolute atomic E-state index is 0.0935. The lowest BCUT2D eigenvalue weighted by molar-refractivity contribution is -0.136. The maximum Gasteiger partial charge on any atom is 0.305 e. The quantitative estimate of drug-likeness (QED) is 0.773. The molecule has 0 aromatic heterocycles. The highest BCUT2D eigenvalue weighted by atomic mass is 16.5. The summed E-state index contributed by atoms with van der Waals surface area (Å²) in [6.07, 6.45) is 0.763. The van der Waals surface area contributed by atoms with Crippen LogP contribution < -0.4 is 10.1 Å². The van der Waals surface area contributed by atoms with Crippen molar-refractivity contribution in [2.75, 3.05) is 13.2 Å². The lowest BCUT2D eigenvalue weighted by Gasteiger charge is -2.10. The number of aliphatic carboxylic acids is 1. The van der Waals surface area contributed by atoms with Gasteiger partial charge >= 0.3 is 5.97 Å². The van der Waals surface area contributed by atoms with Crippen LogP contribution >= 0.6 is 0 Å². The number of para-hydroxylation sites is 1. The zero-order chi connectivity index (χ0) is 13.4.